The van der Waals surface area contributed by atoms with E-state index in [2.05, 4.69) is 16.4 Å². The summed E-state index contributed by atoms with van der Waals surface area (Å²) < 4.78 is 10.6. The van der Waals surface area contributed by atoms with Gasteiger partial charge in [-0.1, -0.05) is 0 Å². The Morgan fingerprint density at radius 2 is 2.17 bits per heavy atom. The number of hydrogen-bond acceptors (Lipinski definition) is 6. The van der Waals surface area contributed by atoms with Gasteiger partial charge in [-0.25, -0.2) is 4.98 Å². The third-order valence-electron chi connectivity index (χ3n) is 4.12. The third kappa shape index (κ3) is 2.41. The van der Waals surface area contributed by atoms with E-state index in [0.29, 0.717) is 29.2 Å². The number of carbonyl (C=O) groups is 1. The molecule has 0 bridgehead atoms. The van der Waals surface area contributed by atoms with Gasteiger partial charge >= 0.3 is 0 Å². The number of fused-ring (bicyclic) bond motifs is 1. The zero-order valence-electron chi connectivity index (χ0n) is 12.2. The summed E-state index contributed by atoms with van der Waals surface area (Å²) in [5, 5.41) is 12.8. The van der Waals surface area contributed by atoms with E-state index in [0.717, 1.165) is 17.0 Å². The first-order valence-electron chi connectivity index (χ1n) is 7.29. The third-order valence-corrected chi connectivity index (χ3v) is 5.17. The van der Waals surface area contributed by atoms with E-state index in [9.17, 15) is 10.1 Å². The molecule has 2 aromatic rings. The van der Waals surface area contributed by atoms with Crippen molar-refractivity contribution in [3.8, 4) is 28.1 Å². The van der Waals surface area contributed by atoms with Gasteiger partial charge in [-0.05, 0) is 37.5 Å². The number of carbonyl (C=O) groups excluding carboxylic acids is 1. The summed E-state index contributed by atoms with van der Waals surface area (Å²) in [5.74, 6) is 1.15. The lowest BCUT2D eigenvalue weighted by Crippen LogP contribution is -2.52. The number of thiazole rings is 1. The summed E-state index contributed by atoms with van der Waals surface area (Å²) in [7, 11) is 0. The number of ether oxygens (including phenoxy) is 2. The van der Waals surface area contributed by atoms with Gasteiger partial charge < -0.3 is 14.8 Å². The van der Waals surface area contributed by atoms with Crippen molar-refractivity contribution >= 4 is 17.2 Å². The van der Waals surface area contributed by atoms with Crippen molar-refractivity contribution in [1.82, 2.24) is 10.3 Å². The summed E-state index contributed by atoms with van der Waals surface area (Å²) in [5.41, 5.74) is 0.178. The van der Waals surface area contributed by atoms with Gasteiger partial charge in [0.15, 0.2) is 11.5 Å². The van der Waals surface area contributed by atoms with Crippen molar-refractivity contribution < 1.29 is 14.3 Å². The zero-order valence-corrected chi connectivity index (χ0v) is 13.0. The first kappa shape index (κ1) is 14.0. The lowest BCUT2D eigenvalue weighted by atomic mass is 9.78. The molecule has 23 heavy (non-hydrogen) atoms. The molecule has 1 aliphatic heterocycles. The minimum Gasteiger partial charge on any atom is -0.454 e. The van der Waals surface area contributed by atoms with Crippen molar-refractivity contribution in [1.29, 1.82) is 5.26 Å². The average molecular weight is 327 g/mol. The minimum atomic E-state index is -0.694. The van der Waals surface area contributed by atoms with Crippen LogP contribution in [-0.2, 0) is 0 Å². The van der Waals surface area contributed by atoms with E-state index in [4.69, 9.17) is 9.47 Å². The van der Waals surface area contributed by atoms with Crippen molar-refractivity contribution in [2.45, 2.75) is 24.8 Å². The maximum absolute atomic E-state index is 12.3. The van der Waals surface area contributed by atoms with Gasteiger partial charge in [-0.2, -0.15) is 5.26 Å². The van der Waals surface area contributed by atoms with E-state index in [1.807, 2.05) is 18.2 Å². The Labute approximate surface area is 136 Å². The molecule has 1 N–H and O–H groups in total. The molecular weight excluding hydrogens is 314 g/mol. The van der Waals surface area contributed by atoms with Crippen LogP contribution in [0.1, 0.15) is 28.9 Å². The van der Waals surface area contributed by atoms with E-state index in [-0.39, 0.29) is 12.7 Å². The highest BCUT2D eigenvalue weighted by Crippen LogP contribution is 2.37. The molecule has 1 amide bonds. The second kappa shape index (κ2) is 5.25. The van der Waals surface area contributed by atoms with Crippen LogP contribution in [0.2, 0.25) is 0 Å². The highest BCUT2D eigenvalue weighted by molar-refractivity contribution is 7.16. The van der Waals surface area contributed by atoms with Crippen molar-refractivity contribution in [2.24, 2.45) is 0 Å². The fraction of sp³-hybridized carbons (Fsp3) is 0.312. The number of amides is 1. The molecule has 4 rings (SSSR count). The molecule has 0 spiro atoms. The van der Waals surface area contributed by atoms with Gasteiger partial charge in [0.2, 0.25) is 6.79 Å². The molecule has 116 valence electrons. The largest absolute Gasteiger partial charge is 0.454 e. The summed E-state index contributed by atoms with van der Waals surface area (Å²) >= 11 is 1.30. The van der Waals surface area contributed by atoms with E-state index >= 15 is 0 Å². The van der Waals surface area contributed by atoms with Crippen LogP contribution >= 0.6 is 11.3 Å². The summed E-state index contributed by atoms with van der Waals surface area (Å²) in [4.78, 5) is 17.1. The van der Waals surface area contributed by atoms with E-state index < -0.39 is 5.54 Å². The Hall–Kier alpha value is -2.59. The molecule has 1 aliphatic carbocycles. The van der Waals surface area contributed by atoms with Gasteiger partial charge in [0.25, 0.3) is 5.91 Å². The van der Waals surface area contributed by atoms with Gasteiger partial charge in [-0.15, -0.1) is 11.3 Å². The highest BCUT2D eigenvalue weighted by atomic mass is 32.1. The molecular formula is C16H13N3O3S. The van der Waals surface area contributed by atoms with Crippen LogP contribution in [0.25, 0.3) is 10.6 Å². The molecule has 2 heterocycles. The standard InChI is InChI=1S/C16H13N3O3S/c17-8-16(4-1-5-16)19-14(20)13-7-18-15(23-13)10-2-3-11-12(6-10)22-9-21-11/h2-3,6-7H,1,4-5,9H2,(H,19,20). The average Bonchev–Trinajstić information content (AvgIpc) is 3.18. The van der Waals surface area contributed by atoms with Crippen LogP contribution in [-0.4, -0.2) is 23.2 Å². The van der Waals surface area contributed by atoms with E-state index in [1.54, 1.807) is 6.20 Å². The quantitative estimate of drug-likeness (QED) is 0.937. The zero-order chi connectivity index (χ0) is 15.9. The molecule has 2 aliphatic rings. The maximum atomic E-state index is 12.3. The second-order valence-corrected chi connectivity index (χ2v) is 6.63. The van der Waals surface area contributed by atoms with Gasteiger partial charge in [-0.3, -0.25) is 4.79 Å². The van der Waals surface area contributed by atoms with Crippen LogP contribution in [0, 0.1) is 11.3 Å². The molecule has 1 aromatic heterocycles. The smallest absolute Gasteiger partial charge is 0.264 e. The van der Waals surface area contributed by atoms with Crippen molar-refractivity contribution in [3.63, 3.8) is 0 Å². The second-order valence-electron chi connectivity index (χ2n) is 5.60. The number of nitrogens with one attached hydrogen (secondary N) is 1. The Kier molecular flexibility index (Phi) is 3.20. The molecule has 1 fully saturated rings. The lowest BCUT2D eigenvalue weighted by Gasteiger charge is -2.35. The van der Waals surface area contributed by atoms with Gasteiger partial charge in [0.1, 0.15) is 15.4 Å². The minimum absolute atomic E-state index is 0.223. The molecule has 0 radical (unpaired) electrons. The number of nitrogens with zero attached hydrogens (tertiary/aromatic N) is 2. The molecule has 0 saturated heterocycles. The highest BCUT2D eigenvalue weighted by Gasteiger charge is 2.39. The monoisotopic (exact) mass is 327 g/mol. The van der Waals surface area contributed by atoms with Gasteiger partial charge in [0.05, 0.1) is 12.3 Å². The molecule has 6 nitrogen and oxygen atoms in total. The molecule has 0 atom stereocenters. The normalized spacial score (nSPS) is 17.2. The van der Waals surface area contributed by atoms with Crippen molar-refractivity contribution in [2.75, 3.05) is 6.79 Å². The molecule has 1 saturated carbocycles. The number of hydrogen-bond donors (Lipinski definition) is 1. The topological polar surface area (TPSA) is 84.2 Å². The lowest BCUT2D eigenvalue weighted by molar-refractivity contribution is 0.0885. The number of benzene rings is 1. The summed E-state index contributed by atoms with van der Waals surface area (Å²) in [6, 6.07) is 7.77. The molecule has 0 unspecified atom stereocenters. The van der Waals surface area contributed by atoms with Crippen LogP contribution in [0.5, 0.6) is 11.5 Å². The Morgan fingerprint density at radius 1 is 1.35 bits per heavy atom. The fourth-order valence-corrected chi connectivity index (χ4v) is 3.42. The predicted octanol–water partition coefficient (Wildman–Crippen LogP) is 2.71. The Balaban J connectivity index is 1.55. The SMILES string of the molecule is N#CC1(NC(=O)c2cnc(-c3ccc4c(c3)OCO4)s2)CCC1. The van der Waals surface area contributed by atoms with Crippen LogP contribution in [0.15, 0.2) is 24.4 Å². The number of nitriles is 1. The van der Waals surface area contributed by atoms with Crippen LogP contribution < -0.4 is 14.8 Å². The van der Waals surface area contributed by atoms with Crippen LogP contribution in [0.3, 0.4) is 0 Å². The first-order valence-corrected chi connectivity index (χ1v) is 8.10. The Bertz CT molecular complexity index is 820. The maximum Gasteiger partial charge on any atom is 0.264 e. The predicted molar refractivity (Wildman–Crippen MR) is 83.3 cm³/mol. The fourth-order valence-electron chi connectivity index (χ4n) is 2.62. The number of rotatable bonds is 3. The number of aromatic nitrogens is 1. The van der Waals surface area contributed by atoms with Gasteiger partial charge in [0, 0.05) is 5.56 Å². The summed E-state index contributed by atoms with van der Waals surface area (Å²) in [6.45, 7) is 0.223. The summed E-state index contributed by atoms with van der Waals surface area (Å²) in [6.07, 6.45) is 3.94. The van der Waals surface area contributed by atoms with E-state index in [1.165, 1.54) is 11.3 Å². The molecule has 1 aromatic carbocycles. The molecule has 7 heteroatoms. The van der Waals surface area contributed by atoms with Crippen molar-refractivity contribution in [3.05, 3.63) is 29.3 Å². The first-order chi connectivity index (χ1) is 11.2. The Morgan fingerprint density at radius 3 is 2.91 bits per heavy atom. The van der Waals surface area contributed by atoms with Crippen LogP contribution in [0.4, 0.5) is 0 Å².